The molecule has 0 rings (SSSR count). The molecule has 0 saturated heterocycles. The van der Waals surface area contributed by atoms with E-state index in [0.29, 0.717) is 12.8 Å². The van der Waals surface area contributed by atoms with Crippen LogP contribution in [0.4, 0.5) is 0 Å². The summed E-state index contributed by atoms with van der Waals surface area (Å²) in [4.78, 5) is 20.7. The standard InChI is InChI=1S/C8H16N2O2S2/c9-7(11)1-3-13-5-6-14-4-2-8(10)12/h1-6H2,(H2,9,11)(H2,10,12). The Morgan fingerprint density at radius 1 is 0.786 bits per heavy atom. The molecule has 0 saturated carbocycles. The highest BCUT2D eigenvalue weighted by molar-refractivity contribution is 8.02. The zero-order valence-electron chi connectivity index (χ0n) is 8.03. The van der Waals surface area contributed by atoms with Gasteiger partial charge in [0.25, 0.3) is 0 Å². The number of primary amides is 2. The molecule has 0 heterocycles. The largest absolute Gasteiger partial charge is 0.370 e. The first-order valence-electron chi connectivity index (χ1n) is 4.35. The van der Waals surface area contributed by atoms with Crippen LogP contribution < -0.4 is 11.5 Å². The van der Waals surface area contributed by atoms with Crippen molar-refractivity contribution < 1.29 is 9.59 Å². The number of nitrogens with two attached hydrogens (primary N) is 2. The minimum absolute atomic E-state index is 0.251. The lowest BCUT2D eigenvalue weighted by atomic mass is 10.5. The van der Waals surface area contributed by atoms with Crippen molar-refractivity contribution in [3.8, 4) is 0 Å². The third kappa shape index (κ3) is 11.6. The summed E-state index contributed by atoms with van der Waals surface area (Å²) < 4.78 is 0. The number of thioether (sulfide) groups is 2. The molecule has 4 nitrogen and oxygen atoms in total. The molecule has 0 aliphatic heterocycles. The number of carbonyl (C=O) groups is 2. The molecule has 0 unspecified atom stereocenters. The highest BCUT2D eigenvalue weighted by Crippen LogP contribution is 2.08. The zero-order valence-corrected chi connectivity index (χ0v) is 9.66. The molecule has 0 aromatic carbocycles. The summed E-state index contributed by atoms with van der Waals surface area (Å²) >= 11 is 3.41. The van der Waals surface area contributed by atoms with E-state index in [-0.39, 0.29) is 11.8 Å². The van der Waals surface area contributed by atoms with E-state index in [9.17, 15) is 9.59 Å². The fourth-order valence-electron chi connectivity index (χ4n) is 0.667. The second kappa shape index (κ2) is 9.21. The van der Waals surface area contributed by atoms with Gasteiger partial charge in [-0.15, -0.1) is 0 Å². The molecule has 0 aromatic rings. The van der Waals surface area contributed by atoms with Crippen LogP contribution in [0, 0.1) is 0 Å². The summed E-state index contributed by atoms with van der Waals surface area (Å²) in [6, 6.07) is 0. The Hall–Kier alpha value is -0.360. The molecule has 0 radical (unpaired) electrons. The number of amides is 2. The molecule has 2 amide bonds. The second-order valence-corrected chi connectivity index (χ2v) is 5.11. The van der Waals surface area contributed by atoms with Crippen LogP contribution in [0.25, 0.3) is 0 Å². The fourth-order valence-corrected chi connectivity index (χ4v) is 2.71. The summed E-state index contributed by atoms with van der Waals surface area (Å²) in [5, 5.41) is 0. The van der Waals surface area contributed by atoms with Gasteiger partial charge in [-0.2, -0.15) is 23.5 Å². The maximum absolute atomic E-state index is 10.4. The van der Waals surface area contributed by atoms with Crippen LogP contribution in [0.3, 0.4) is 0 Å². The molecule has 0 atom stereocenters. The van der Waals surface area contributed by atoms with E-state index in [1.54, 1.807) is 23.5 Å². The summed E-state index contributed by atoms with van der Waals surface area (Å²) in [7, 11) is 0. The second-order valence-electron chi connectivity index (χ2n) is 2.66. The fraction of sp³-hybridized carbons (Fsp3) is 0.750. The average molecular weight is 236 g/mol. The van der Waals surface area contributed by atoms with E-state index in [1.165, 1.54) is 0 Å². The van der Waals surface area contributed by atoms with Gasteiger partial charge < -0.3 is 11.5 Å². The van der Waals surface area contributed by atoms with Crippen molar-refractivity contribution in [2.75, 3.05) is 23.0 Å². The van der Waals surface area contributed by atoms with Crippen LogP contribution in [-0.2, 0) is 9.59 Å². The van der Waals surface area contributed by atoms with Gasteiger partial charge in [0.1, 0.15) is 0 Å². The van der Waals surface area contributed by atoms with Gasteiger partial charge in [0, 0.05) is 35.9 Å². The van der Waals surface area contributed by atoms with Gasteiger partial charge >= 0.3 is 0 Å². The van der Waals surface area contributed by atoms with Crippen molar-refractivity contribution in [3.05, 3.63) is 0 Å². The van der Waals surface area contributed by atoms with Crippen molar-refractivity contribution in [2.45, 2.75) is 12.8 Å². The highest BCUT2D eigenvalue weighted by Gasteiger charge is 1.96. The summed E-state index contributed by atoms with van der Waals surface area (Å²) in [6.45, 7) is 0. The van der Waals surface area contributed by atoms with E-state index in [1.807, 2.05) is 0 Å². The maximum atomic E-state index is 10.4. The predicted molar refractivity (Wildman–Crippen MR) is 62.3 cm³/mol. The molecule has 4 N–H and O–H groups in total. The third-order valence-electron chi connectivity index (χ3n) is 1.36. The van der Waals surface area contributed by atoms with Gasteiger partial charge in [-0.25, -0.2) is 0 Å². The Morgan fingerprint density at radius 2 is 1.14 bits per heavy atom. The van der Waals surface area contributed by atoms with Crippen molar-refractivity contribution in [1.29, 1.82) is 0 Å². The molecule has 0 aliphatic carbocycles. The lowest BCUT2D eigenvalue weighted by Gasteiger charge is -1.99. The van der Waals surface area contributed by atoms with E-state index >= 15 is 0 Å². The smallest absolute Gasteiger partial charge is 0.218 e. The Morgan fingerprint density at radius 3 is 1.43 bits per heavy atom. The SMILES string of the molecule is NC(=O)CCSCCSCCC(N)=O. The molecule has 0 fully saturated rings. The lowest BCUT2D eigenvalue weighted by molar-refractivity contribution is -0.118. The van der Waals surface area contributed by atoms with Crippen LogP contribution in [0.2, 0.25) is 0 Å². The molecule has 0 aliphatic rings. The van der Waals surface area contributed by atoms with E-state index in [4.69, 9.17) is 11.5 Å². The van der Waals surface area contributed by atoms with Gasteiger partial charge in [0.05, 0.1) is 0 Å². The van der Waals surface area contributed by atoms with E-state index in [2.05, 4.69) is 0 Å². The molecule has 0 bridgehead atoms. The first-order chi connectivity index (χ1) is 6.63. The molecule has 82 valence electrons. The van der Waals surface area contributed by atoms with Crippen LogP contribution in [0.15, 0.2) is 0 Å². The van der Waals surface area contributed by atoms with Crippen molar-refractivity contribution in [3.63, 3.8) is 0 Å². The van der Waals surface area contributed by atoms with Gasteiger partial charge in [0.15, 0.2) is 0 Å². The highest BCUT2D eigenvalue weighted by atomic mass is 32.2. The van der Waals surface area contributed by atoms with Gasteiger partial charge in [-0.1, -0.05) is 0 Å². The van der Waals surface area contributed by atoms with Crippen LogP contribution >= 0.6 is 23.5 Å². The van der Waals surface area contributed by atoms with Gasteiger partial charge in [-0.3, -0.25) is 9.59 Å². The van der Waals surface area contributed by atoms with E-state index < -0.39 is 0 Å². The van der Waals surface area contributed by atoms with Crippen LogP contribution in [0.5, 0.6) is 0 Å². The number of hydrogen-bond acceptors (Lipinski definition) is 4. The number of hydrogen-bond donors (Lipinski definition) is 2. The van der Waals surface area contributed by atoms with Gasteiger partial charge in [0.2, 0.25) is 11.8 Å². The van der Waals surface area contributed by atoms with Crippen molar-refractivity contribution in [1.82, 2.24) is 0 Å². The maximum Gasteiger partial charge on any atom is 0.218 e. The Balaban J connectivity index is 2.99. The average Bonchev–Trinajstić information content (AvgIpc) is 2.08. The summed E-state index contributed by atoms with van der Waals surface area (Å²) in [5.74, 6) is 3.03. The molecular formula is C8H16N2O2S2. The van der Waals surface area contributed by atoms with Crippen LogP contribution in [-0.4, -0.2) is 34.8 Å². The molecule has 14 heavy (non-hydrogen) atoms. The Bertz CT molecular complexity index is 168. The molecule has 0 aromatic heterocycles. The summed E-state index contributed by atoms with van der Waals surface area (Å²) in [6.07, 6.45) is 0.882. The van der Waals surface area contributed by atoms with Gasteiger partial charge in [-0.05, 0) is 0 Å². The van der Waals surface area contributed by atoms with Crippen molar-refractivity contribution in [2.24, 2.45) is 11.5 Å². The third-order valence-corrected chi connectivity index (χ3v) is 3.59. The molecular weight excluding hydrogens is 220 g/mol. The molecule has 0 spiro atoms. The number of rotatable bonds is 9. The predicted octanol–water partition coefficient (Wildman–Crippen LogP) is 0.204. The monoisotopic (exact) mass is 236 g/mol. The zero-order chi connectivity index (χ0) is 10.8. The summed E-state index contributed by atoms with van der Waals surface area (Å²) in [5.41, 5.74) is 9.96. The Kier molecular flexibility index (Phi) is 8.97. The topological polar surface area (TPSA) is 86.2 Å². The van der Waals surface area contributed by atoms with Crippen LogP contribution in [0.1, 0.15) is 12.8 Å². The van der Waals surface area contributed by atoms with Crippen molar-refractivity contribution >= 4 is 35.3 Å². The minimum atomic E-state index is -0.251. The minimum Gasteiger partial charge on any atom is -0.370 e. The number of carbonyl (C=O) groups excluding carboxylic acids is 2. The first kappa shape index (κ1) is 13.6. The first-order valence-corrected chi connectivity index (χ1v) is 6.66. The lowest BCUT2D eigenvalue weighted by Crippen LogP contribution is -2.11. The quantitative estimate of drug-likeness (QED) is 0.560. The Labute approximate surface area is 92.5 Å². The molecule has 6 heteroatoms. The normalized spacial score (nSPS) is 10.0. The van der Waals surface area contributed by atoms with E-state index in [0.717, 1.165) is 23.0 Å².